The molecule has 3 aromatic rings. The number of hydrogen-bond acceptors (Lipinski definition) is 4. The summed E-state index contributed by atoms with van der Waals surface area (Å²) in [5.41, 5.74) is 8.49. The number of amidine groups is 1. The molecule has 6 nitrogen and oxygen atoms in total. The van der Waals surface area contributed by atoms with Gasteiger partial charge in [-0.2, -0.15) is 0 Å². The number of nitrogens with zero attached hydrogens (tertiary/aromatic N) is 3. The zero-order valence-electron chi connectivity index (χ0n) is 14.7. The van der Waals surface area contributed by atoms with Gasteiger partial charge >= 0.3 is 0 Å². The number of nitrogens with two attached hydrogens (primary N) is 1. The minimum Gasteiger partial charge on any atom is -0.382 e. The van der Waals surface area contributed by atoms with E-state index >= 15 is 0 Å². The number of pyridine rings is 1. The van der Waals surface area contributed by atoms with Crippen molar-refractivity contribution in [3.05, 3.63) is 82.9 Å². The molecule has 1 aromatic carbocycles. The zero-order chi connectivity index (χ0) is 19.0. The van der Waals surface area contributed by atoms with E-state index in [0.717, 1.165) is 11.3 Å². The van der Waals surface area contributed by atoms with Gasteiger partial charge in [0.1, 0.15) is 17.1 Å². The number of rotatable bonds is 3. The molecule has 0 fully saturated rings. The maximum atomic E-state index is 12.4. The second-order valence-electron chi connectivity index (χ2n) is 6.69. The first-order valence-corrected chi connectivity index (χ1v) is 8.87. The Hall–Kier alpha value is -3.12. The van der Waals surface area contributed by atoms with Crippen molar-refractivity contribution < 1.29 is 4.79 Å². The lowest BCUT2D eigenvalue weighted by atomic mass is 9.90. The van der Waals surface area contributed by atoms with Crippen LogP contribution in [0.5, 0.6) is 0 Å². The highest BCUT2D eigenvalue weighted by atomic mass is 35.5. The van der Waals surface area contributed by atoms with Crippen LogP contribution in [0.15, 0.2) is 65.9 Å². The lowest BCUT2D eigenvalue weighted by molar-refractivity contribution is 0.102. The normalized spacial score (nSPS) is 18.5. The first-order valence-electron chi connectivity index (χ1n) is 8.49. The number of benzene rings is 1. The molecule has 3 heterocycles. The summed E-state index contributed by atoms with van der Waals surface area (Å²) in [6.07, 6.45) is 3.44. The van der Waals surface area contributed by atoms with E-state index in [9.17, 15) is 4.79 Å². The number of anilines is 1. The molecule has 0 saturated heterocycles. The summed E-state index contributed by atoms with van der Waals surface area (Å²) in [6, 6.07) is 14.8. The highest BCUT2D eigenvalue weighted by Crippen LogP contribution is 2.33. The number of hydrogen-bond donors (Lipinski definition) is 2. The molecule has 0 aliphatic carbocycles. The molecule has 1 aliphatic heterocycles. The van der Waals surface area contributed by atoms with Crippen LogP contribution in [0.1, 0.15) is 28.7 Å². The van der Waals surface area contributed by atoms with Crippen LogP contribution in [0.4, 0.5) is 5.69 Å². The number of aliphatic imine (C=N–C) groups is 1. The van der Waals surface area contributed by atoms with E-state index in [2.05, 4.69) is 14.9 Å². The average molecular weight is 380 g/mol. The van der Waals surface area contributed by atoms with Crippen molar-refractivity contribution in [3.63, 3.8) is 0 Å². The van der Waals surface area contributed by atoms with Gasteiger partial charge < -0.3 is 15.6 Å². The Balaban J connectivity index is 1.60. The summed E-state index contributed by atoms with van der Waals surface area (Å²) in [4.78, 5) is 21.2. The van der Waals surface area contributed by atoms with Gasteiger partial charge in [-0.25, -0.2) is 4.98 Å². The van der Waals surface area contributed by atoms with Crippen molar-refractivity contribution in [3.8, 4) is 0 Å². The van der Waals surface area contributed by atoms with Crippen LogP contribution in [0.25, 0.3) is 0 Å². The van der Waals surface area contributed by atoms with Crippen LogP contribution in [0.3, 0.4) is 0 Å². The minimum atomic E-state index is -0.518. The number of carbonyl (C=O) groups excluding carboxylic acids is 1. The molecule has 1 amide bonds. The van der Waals surface area contributed by atoms with Gasteiger partial charge in [-0.3, -0.25) is 9.79 Å². The average Bonchev–Trinajstić information content (AvgIpc) is 3.11. The SMILES string of the molecule is CC1(c2cccc(NC(=O)c3ccc(Cl)cn3)c2)Cn2cccc2C(N)=N1. The van der Waals surface area contributed by atoms with E-state index in [0.29, 0.717) is 28.8 Å². The first-order chi connectivity index (χ1) is 12.9. The van der Waals surface area contributed by atoms with E-state index in [1.54, 1.807) is 12.1 Å². The Bertz CT molecular complexity index is 1040. The quantitative estimate of drug-likeness (QED) is 0.731. The van der Waals surface area contributed by atoms with E-state index in [1.807, 2.05) is 49.5 Å². The number of halogens is 1. The number of amides is 1. The number of carbonyl (C=O) groups is 1. The maximum absolute atomic E-state index is 12.4. The van der Waals surface area contributed by atoms with Gasteiger partial charge in [0.15, 0.2) is 0 Å². The Morgan fingerprint density at radius 3 is 2.89 bits per heavy atom. The first kappa shape index (κ1) is 17.3. The molecule has 0 bridgehead atoms. The predicted molar refractivity (Wildman–Crippen MR) is 106 cm³/mol. The number of fused-ring (bicyclic) bond motifs is 1. The topological polar surface area (TPSA) is 85.3 Å². The molecule has 1 atom stereocenters. The lowest BCUT2D eigenvalue weighted by Gasteiger charge is -2.32. The summed E-state index contributed by atoms with van der Waals surface area (Å²) in [7, 11) is 0. The van der Waals surface area contributed by atoms with Crippen molar-refractivity contribution in [2.45, 2.75) is 19.0 Å². The molecule has 0 spiro atoms. The number of aromatic nitrogens is 2. The van der Waals surface area contributed by atoms with Gasteiger partial charge in [0.25, 0.3) is 5.91 Å². The summed E-state index contributed by atoms with van der Waals surface area (Å²) in [5, 5.41) is 3.35. The van der Waals surface area contributed by atoms with Crippen molar-refractivity contribution in [2.24, 2.45) is 10.7 Å². The number of nitrogens with one attached hydrogen (secondary N) is 1. The summed E-state index contributed by atoms with van der Waals surface area (Å²) in [5.74, 6) is 0.210. The highest BCUT2D eigenvalue weighted by Gasteiger charge is 2.32. The lowest BCUT2D eigenvalue weighted by Crippen LogP contribution is -2.36. The smallest absolute Gasteiger partial charge is 0.274 e. The summed E-state index contributed by atoms with van der Waals surface area (Å²) in [6.45, 7) is 2.71. The summed E-state index contributed by atoms with van der Waals surface area (Å²) >= 11 is 5.82. The van der Waals surface area contributed by atoms with Crippen LogP contribution in [-0.2, 0) is 12.1 Å². The van der Waals surface area contributed by atoms with Crippen LogP contribution in [0, 0.1) is 0 Å². The fourth-order valence-corrected chi connectivity index (χ4v) is 3.38. The van der Waals surface area contributed by atoms with Crippen LogP contribution in [0.2, 0.25) is 5.02 Å². The van der Waals surface area contributed by atoms with Gasteiger partial charge in [0, 0.05) is 18.1 Å². The van der Waals surface area contributed by atoms with E-state index in [1.165, 1.54) is 6.20 Å². The second kappa shape index (κ2) is 6.55. The molecular weight excluding hydrogens is 362 g/mol. The van der Waals surface area contributed by atoms with Gasteiger partial charge in [-0.05, 0) is 48.9 Å². The maximum Gasteiger partial charge on any atom is 0.274 e. The van der Waals surface area contributed by atoms with Crippen molar-refractivity contribution >= 4 is 29.0 Å². The summed E-state index contributed by atoms with van der Waals surface area (Å²) < 4.78 is 2.09. The van der Waals surface area contributed by atoms with E-state index < -0.39 is 5.54 Å². The molecule has 1 unspecified atom stereocenters. The zero-order valence-corrected chi connectivity index (χ0v) is 15.4. The predicted octanol–water partition coefficient (Wildman–Crippen LogP) is 3.42. The largest absolute Gasteiger partial charge is 0.382 e. The molecule has 0 radical (unpaired) electrons. The van der Waals surface area contributed by atoms with Crippen LogP contribution < -0.4 is 11.1 Å². The standard InChI is InChI=1S/C20H18ClN5O/c1-20(12-26-9-3-6-17(26)18(22)25-20)13-4-2-5-15(10-13)24-19(27)16-8-7-14(21)11-23-16/h2-11H,12H2,1H3,(H2,22,25)(H,24,27). The van der Waals surface area contributed by atoms with Crippen molar-refractivity contribution in [1.29, 1.82) is 0 Å². The molecule has 1 aliphatic rings. The van der Waals surface area contributed by atoms with E-state index in [4.69, 9.17) is 22.3 Å². The van der Waals surface area contributed by atoms with Gasteiger partial charge in [-0.1, -0.05) is 23.7 Å². The third-order valence-corrected chi connectivity index (χ3v) is 4.86. The monoisotopic (exact) mass is 379 g/mol. The molecule has 2 aromatic heterocycles. The Kier molecular flexibility index (Phi) is 4.20. The second-order valence-corrected chi connectivity index (χ2v) is 7.13. The third kappa shape index (κ3) is 3.31. The Labute approximate surface area is 161 Å². The van der Waals surface area contributed by atoms with Crippen LogP contribution in [-0.4, -0.2) is 21.3 Å². The molecule has 3 N–H and O–H groups in total. The molecular formula is C20H18ClN5O. The van der Waals surface area contributed by atoms with Gasteiger partial charge in [0.05, 0.1) is 17.3 Å². The minimum absolute atomic E-state index is 0.298. The van der Waals surface area contributed by atoms with Crippen molar-refractivity contribution in [2.75, 3.05) is 5.32 Å². The molecule has 136 valence electrons. The van der Waals surface area contributed by atoms with Crippen LogP contribution >= 0.6 is 11.6 Å². The van der Waals surface area contributed by atoms with Gasteiger partial charge in [-0.15, -0.1) is 0 Å². The molecule has 0 saturated carbocycles. The highest BCUT2D eigenvalue weighted by molar-refractivity contribution is 6.30. The van der Waals surface area contributed by atoms with Crippen molar-refractivity contribution in [1.82, 2.24) is 9.55 Å². The molecule has 4 rings (SSSR count). The van der Waals surface area contributed by atoms with Gasteiger partial charge in [0.2, 0.25) is 0 Å². The third-order valence-electron chi connectivity index (χ3n) is 4.64. The fraction of sp³-hybridized carbons (Fsp3) is 0.150. The Morgan fingerprint density at radius 1 is 1.26 bits per heavy atom. The molecule has 27 heavy (non-hydrogen) atoms. The Morgan fingerprint density at radius 2 is 2.11 bits per heavy atom. The molecule has 7 heteroatoms. The fourth-order valence-electron chi connectivity index (χ4n) is 3.27. The van der Waals surface area contributed by atoms with E-state index in [-0.39, 0.29) is 5.91 Å².